The van der Waals surface area contributed by atoms with Gasteiger partial charge in [0.1, 0.15) is 0 Å². The molecule has 0 unspecified atom stereocenters. The lowest BCUT2D eigenvalue weighted by Gasteiger charge is -2.33. The van der Waals surface area contributed by atoms with Gasteiger partial charge in [0.2, 0.25) is 0 Å². The second-order valence-corrected chi connectivity index (χ2v) is 9.46. The molecule has 170 valence electrons. The lowest BCUT2D eigenvalue weighted by atomic mass is 10.0. The fraction of sp³-hybridized carbons (Fsp3) is 0.556. The third kappa shape index (κ3) is 9.12. The predicted octanol–water partition coefficient (Wildman–Crippen LogP) is 4.26. The van der Waals surface area contributed by atoms with Crippen molar-refractivity contribution in [1.82, 2.24) is 15.1 Å². The van der Waals surface area contributed by atoms with Crippen molar-refractivity contribution in [3.8, 4) is 0 Å². The third-order valence-electron chi connectivity index (χ3n) is 6.29. The number of benzene rings is 2. The van der Waals surface area contributed by atoms with Crippen LogP contribution in [0.5, 0.6) is 0 Å². The van der Waals surface area contributed by atoms with Gasteiger partial charge in [0.25, 0.3) is 0 Å². The number of nitrogens with two attached hydrogens (primary N) is 1. The minimum absolute atomic E-state index is 0.432. The van der Waals surface area contributed by atoms with Gasteiger partial charge in [-0.15, -0.1) is 0 Å². The van der Waals surface area contributed by atoms with E-state index in [-0.39, 0.29) is 0 Å². The minimum atomic E-state index is 0.432. The Morgan fingerprint density at radius 1 is 0.742 bits per heavy atom. The van der Waals surface area contributed by atoms with Crippen LogP contribution >= 0.6 is 0 Å². The molecule has 0 amide bonds. The van der Waals surface area contributed by atoms with E-state index in [9.17, 15) is 0 Å². The molecule has 4 heteroatoms. The number of likely N-dealkylation sites (tertiary alicyclic amines) is 2. The molecule has 0 bridgehead atoms. The molecule has 0 spiro atoms. The first-order chi connectivity index (χ1) is 15.1. The second-order valence-electron chi connectivity index (χ2n) is 9.46. The van der Waals surface area contributed by atoms with Crippen molar-refractivity contribution in [3.05, 3.63) is 71.8 Å². The third-order valence-corrected chi connectivity index (χ3v) is 6.29. The quantitative estimate of drug-likeness (QED) is 0.730. The molecule has 2 aliphatic heterocycles. The van der Waals surface area contributed by atoms with Crippen LogP contribution in [0.25, 0.3) is 0 Å². The van der Waals surface area contributed by atoms with Gasteiger partial charge in [0.05, 0.1) is 0 Å². The average molecular weight is 423 g/mol. The van der Waals surface area contributed by atoms with Gasteiger partial charge in [-0.3, -0.25) is 9.80 Å². The molecule has 4 rings (SSSR count). The summed E-state index contributed by atoms with van der Waals surface area (Å²) in [6, 6.07) is 23.2. The van der Waals surface area contributed by atoms with E-state index < -0.39 is 0 Å². The van der Waals surface area contributed by atoms with Crippen molar-refractivity contribution in [2.24, 2.45) is 5.73 Å². The van der Waals surface area contributed by atoms with Crippen LogP contribution in [-0.2, 0) is 13.1 Å². The molecule has 0 radical (unpaired) electrons. The molecule has 31 heavy (non-hydrogen) atoms. The van der Waals surface area contributed by atoms with E-state index in [1.54, 1.807) is 0 Å². The van der Waals surface area contributed by atoms with E-state index in [0.717, 1.165) is 45.1 Å². The highest BCUT2D eigenvalue weighted by molar-refractivity contribution is 5.15. The van der Waals surface area contributed by atoms with Crippen molar-refractivity contribution in [2.75, 3.05) is 26.2 Å². The molecular formula is C27H42N4. The summed E-state index contributed by atoms with van der Waals surface area (Å²) in [5, 5.41) is 3.64. The Bertz CT molecular complexity index is 703. The normalized spacial score (nSPS) is 19.2. The Balaban J connectivity index is 0.000000179. The van der Waals surface area contributed by atoms with Crippen LogP contribution in [-0.4, -0.2) is 54.1 Å². The van der Waals surface area contributed by atoms with Crippen molar-refractivity contribution < 1.29 is 0 Å². The van der Waals surface area contributed by atoms with Gasteiger partial charge in [-0.05, 0) is 63.0 Å². The minimum Gasteiger partial charge on any atom is -0.328 e. The molecule has 2 aromatic carbocycles. The maximum absolute atomic E-state index is 5.86. The van der Waals surface area contributed by atoms with Gasteiger partial charge in [-0.2, -0.15) is 0 Å². The average Bonchev–Trinajstić information content (AvgIpc) is 2.78. The Kier molecular flexibility index (Phi) is 10.0. The first-order valence-corrected chi connectivity index (χ1v) is 12.1. The Morgan fingerprint density at radius 2 is 1.16 bits per heavy atom. The SMILES string of the molecule is CC(C)NC1CCN(Cc2ccccc2)CC1.NC1CCN(Cc2ccccc2)CC1. The van der Waals surface area contributed by atoms with E-state index in [1.165, 1.54) is 37.1 Å². The van der Waals surface area contributed by atoms with Crippen LogP contribution in [0.3, 0.4) is 0 Å². The highest BCUT2D eigenvalue weighted by Gasteiger charge is 2.19. The number of nitrogens with one attached hydrogen (secondary N) is 1. The number of rotatable bonds is 6. The zero-order valence-electron chi connectivity index (χ0n) is 19.5. The molecule has 3 N–H and O–H groups in total. The standard InChI is InChI=1S/C15H24N2.C12H18N2/c1-13(2)16-15-8-10-17(11-9-15)12-14-6-4-3-5-7-14;13-12-6-8-14(9-7-12)10-11-4-2-1-3-5-11/h3-7,13,15-16H,8-12H2,1-2H3;1-5,12H,6-10,13H2. The van der Waals surface area contributed by atoms with Gasteiger partial charge in [0.15, 0.2) is 0 Å². The van der Waals surface area contributed by atoms with Gasteiger partial charge in [-0.25, -0.2) is 0 Å². The fourth-order valence-corrected chi connectivity index (χ4v) is 4.52. The van der Waals surface area contributed by atoms with Crippen LogP contribution in [0.4, 0.5) is 0 Å². The summed E-state index contributed by atoms with van der Waals surface area (Å²) in [5.41, 5.74) is 8.70. The Labute approximate surface area is 189 Å². The molecule has 0 atom stereocenters. The molecule has 0 aliphatic carbocycles. The van der Waals surface area contributed by atoms with Crippen LogP contribution in [0.2, 0.25) is 0 Å². The van der Waals surface area contributed by atoms with Crippen molar-refractivity contribution in [3.63, 3.8) is 0 Å². The molecular weight excluding hydrogens is 380 g/mol. The van der Waals surface area contributed by atoms with E-state index in [2.05, 4.69) is 89.6 Å². The summed E-state index contributed by atoms with van der Waals surface area (Å²) in [6.45, 7) is 11.4. The van der Waals surface area contributed by atoms with Crippen molar-refractivity contribution in [1.29, 1.82) is 0 Å². The van der Waals surface area contributed by atoms with Crippen LogP contribution in [0, 0.1) is 0 Å². The maximum atomic E-state index is 5.86. The number of hydrogen-bond donors (Lipinski definition) is 2. The van der Waals surface area contributed by atoms with Gasteiger partial charge in [-0.1, -0.05) is 74.5 Å². The molecule has 2 saturated heterocycles. The summed E-state index contributed by atoms with van der Waals surface area (Å²) in [5.74, 6) is 0. The Morgan fingerprint density at radius 3 is 1.58 bits per heavy atom. The van der Waals surface area contributed by atoms with Crippen molar-refractivity contribution >= 4 is 0 Å². The first kappa shape index (κ1) is 23.9. The summed E-state index contributed by atoms with van der Waals surface area (Å²) in [4.78, 5) is 5.05. The molecule has 0 aromatic heterocycles. The monoisotopic (exact) mass is 422 g/mol. The van der Waals surface area contributed by atoms with E-state index in [4.69, 9.17) is 5.73 Å². The molecule has 2 heterocycles. The van der Waals surface area contributed by atoms with Gasteiger partial charge >= 0.3 is 0 Å². The lowest BCUT2D eigenvalue weighted by Crippen LogP contribution is -2.44. The van der Waals surface area contributed by atoms with Crippen LogP contribution < -0.4 is 11.1 Å². The fourth-order valence-electron chi connectivity index (χ4n) is 4.52. The highest BCUT2D eigenvalue weighted by Crippen LogP contribution is 2.14. The second kappa shape index (κ2) is 13.0. The highest BCUT2D eigenvalue weighted by atomic mass is 15.1. The van der Waals surface area contributed by atoms with Crippen molar-refractivity contribution in [2.45, 2.75) is 70.7 Å². The molecule has 2 aliphatic rings. The zero-order chi connectivity index (χ0) is 21.9. The first-order valence-electron chi connectivity index (χ1n) is 12.1. The summed E-state index contributed by atoms with van der Waals surface area (Å²) >= 11 is 0. The molecule has 0 saturated carbocycles. The van der Waals surface area contributed by atoms with Gasteiger partial charge < -0.3 is 11.1 Å². The lowest BCUT2D eigenvalue weighted by molar-refractivity contribution is 0.186. The molecule has 4 nitrogen and oxygen atoms in total. The number of piperidine rings is 2. The Hall–Kier alpha value is -1.72. The van der Waals surface area contributed by atoms with E-state index in [1.807, 2.05) is 0 Å². The van der Waals surface area contributed by atoms with Crippen LogP contribution in [0.1, 0.15) is 50.7 Å². The molecule has 2 fully saturated rings. The predicted molar refractivity (Wildman–Crippen MR) is 132 cm³/mol. The number of nitrogens with zero attached hydrogens (tertiary/aromatic N) is 2. The number of hydrogen-bond acceptors (Lipinski definition) is 4. The summed E-state index contributed by atoms with van der Waals surface area (Å²) in [6.07, 6.45) is 4.86. The topological polar surface area (TPSA) is 44.5 Å². The zero-order valence-corrected chi connectivity index (χ0v) is 19.5. The summed E-state index contributed by atoms with van der Waals surface area (Å²) < 4.78 is 0. The van der Waals surface area contributed by atoms with E-state index in [0.29, 0.717) is 12.1 Å². The van der Waals surface area contributed by atoms with Crippen LogP contribution in [0.15, 0.2) is 60.7 Å². The maximum Gasteiger partial charge on any atom is 0.0233 e. The van der Waals surface area contributed by atoms with Gasteiger partial charge in [0, 0.05) is 31.2 Å². The largest absolute Gasteiger partial charge is 0.328 e. The smallest absolute Gasteiger partial charge is 0.0233 e. The van der Waals surface area contributed by atoms with E-state index >= 15 is 0 Å². The molecule has 2 aromatic rings. The summed E-state index contributed by atoms with van der Waals surface area (Å²) in [7, 11) is 0.